The quantitative estimate of drug-likeness (QED) is 0.265. The second kappa shape index (κ2) is 9.96. The van der Waals surface area contributed by atoms with Crippen molar-refractivity contribution in [3.63, 3.8) is 0 Å². The van der Waals surface area contributed by atoms with Gasteiger partial charge in [0.25, 0.3) is 0 Å². The molecule has 0 radical (unpaired) electrons. The van der Waals surface area contributed by atoms with Gasteiger partial charge in [-0.15, -0.1) is 6.92 Å². The Hall–Kier alpha value is -0.123. The molecular formula is C11H20LiN. The Kier molecular flexibility index (Phi) is 11.8. The zero-order valence-electron chi connectivity index (χ0n) is 9.32. The first-order valence-electron chi connectivity index (χ1n) is 4.71. The van der Waals surface area contributed by atoms with Gasteiger partial charge in [0.2, 0.25) is 0 Å². The van der Waals surface area contributed by atoms with Crippen LogP contribution >= 0.6 is 0 Å². The molecular weight excluding hydrogens is 153 g/mol. The summed E-state index contributed by atoms with van der Waals surface area (Å²) in [5.74, 6) is 0. The average molecular weight is 173 g/mol. The Morgan fingerprint density at radius 2 is 2.00 bits per heavy atom. The predicted octanol–water partition coefficient (Wildman–Crippen LogP) is 0.761. The molecule has 1 nitrogen and oxygen atoms in total. The van der Waals surface area contributed by atoms with Crippen LogP contribution in [0.4, 0.5) is 0 Å². The first-order valence-corrected chi connectivity index (χ1v) is 4.71. The van der Waals surface area contributed by atoms with Crippen LogP contribution in [0.1, 0.15) is 46.0 Å². The van der Waals surface area contributed by atoms with Crippen molar-refractivity contribution in [1.29, 1.82) is 5.41 Å². The summed E-state index contributed by atoms with van der Waals surface area (Å²) < 4.78 is 0. The minimum atomic E-state index is 0. The number of unbranched alkanes of at least 4 members (excludes halogenated alkanes) is 2. The predicted molar refractivity (Wildman–Crippen MR) is 55.6 cm³/mol. The van der Waals surface area contributed by atoms with Gasteiger partial charge < -0.3 is 5.41 Å². The van der Waals surface area contributed by atoms with Gasteiger partial charge in [0.15, 0.2) is 0 Å². The fourth-order valence-electron chi connectivity index (χ4n) is 1.09. The van der Waals surface area contributed by atoms with Crippen LogP contribution in [0.3, 0.4) is 0 Å². The Morgan fingerprint density at radius 3 is 2.46 bits per heavy atom. The molecule has 13 heavy (non-hydrogen) atoms. The average Bonchev–Trinajstić information content (AvgIpc) is 2.05. The summed E-state index contributed by atoms with van der Waals surface area (Å²) in [6.07, 6.45) is 7.26. The SMILES string of the molecule is [CH2-]C=C(C)CC(=N)CCCCC.[Li+]. The van der Waals surface area contributed by atoms with E-state index in [9.17, 15) is 0 Å². The molecule has 0 saturated heterocycles. The second-order valence-electron chi connectivity index (χ2n) is 3.29. The van der Waals surface area contributed by atoms with Gasteiger partial charge in [0.05, 0.1) is 0 Å². The molecule has 0 aromatic heterocycles. The normalized spacial score (nSPS) is 10.8. The third-order valence-corrected chi connectivity index (χ3v) is 1.92. The molecule has 0 aliphatic rings. The third kappa shape index (κ3) is 9.79. The van der Waals surface area contributed by atoms with Crippen LogP contribution in [0, 0.1) is 12.3 Å². The topological polar surface area (TPSA) is 23.9 Å². The van der Waals surface area contributed by atoms with Gasteiger partial charge in [0, 0.05) is 0 Å². The molecule has 0 aliphatic carbocycles. The summed E-state index contributed by atoms with van der Waals surface area (Å²) in [7, 11) is 0. The van der Waals surface area contributed by atoms with Crippen molar-refractivity contribution >= 4 is 5.71 Å². The van der Waals surface area contributed by atoms with Crippen LogP contribution in [-0.2, 0) is 0 Å². The van der Waals surface area contributed by atoms with E-state index in [0.717, 1.165) is 18.6 Å². The Labute approximate surface area is 94.7 Å². The molecule has 2 heteroatoms. The van der Waals surface area contributed by atoms with Gasteiger partial charge in [-0.05, 0) is 18.6 Å². The maximum absolute atomic E-state index is 7.63. The molecule has 0 amide bonds. The number of nitrogens with one attached hydrogen (secondary N) is 1. The summed E-state index contributed by atoms with van der Waals surface area (Å²) in [6.45, 7) is 7.89. The largest absolute Gasteiger partial charge is 1.00 e. The fraction of sp³-hybridized carbons (Fsp3) is 0.636. The van der Waals surface area contributed by atoms with Crippen LogP contribution in [0.2, 0.25) is 0 Å². The molecule has 0 bridgehead atoms. The first-order chi connectivity index (χ1) is 5.70. The number of hydrogen-bond acceptors (Lipinski definition) is 1. The maximum atomic E-state index is 7.63. The van der Waals surface area contributed by atoms with E-state index < -0.39 is 0 Å². The third-order valence-electron chi connectivity index (χ3n) is 1.92. The molecule has 0 fully saturated rings. The fourth-order valence-corrected chi connectivity index (χ4v) is 1.09. The van der Waals surface area contributed by atoms with Gasteiger partial charge >= 0.3 is 18.9 Å². The van der Waals surface area contributed by atoms with E-state index in [1.807, 2.05) is 13.0 Å². The maximum Gasteiger partial charge on any atom is 1.00 e. The Morgan fingerprint density at radius 1 is 1.38 bits per heavy atom. The monoisotopic (exact) mass is 173 g/mol. The molecule has 0 unspecified atom stereocenters. The van der Waals surface area contributed by atoms with Crippen molar-refractivity contribution in [2.24, 2.45) is 0 Å². The molecule has 0 heterocycles. The van der Waals surface area contributed by atoms with Gasteiger partial charge in [-0.2, -0.15) is 0 Å². The number of rotatable bonds is 6. The van der Waals surface area contributed by atoms with Crippen LogP contribution in [0.25, 0.3) is 0 Å². The Balaban J connectivity index is 0. The number of hydrogen-bond donors (Lipinski definition) is 1. The van der Waals surface area contributed by atoms with E-state index in [4.69, 9.17) is 5.41 Å². The van der Waals surface area contributed by atoms with E-state index >= 15 is 0 Å². The summed E-state index contributed by atoms with van der Waals surface area (Å²) in [4.78, 5) is 0. The minimum Gasteiger partial charge on any atom is -0.311 e. The summed E-state index contributed by atoms with van der Waals surface area (Å²) in [6, 6.07) is 0. The van der Waals surface area contributed by atoms with E-state index in [0.29, 0.717) is 0 Å². The van der Waals surface area contributed by atoms with E-state index in [1.54, 1.807) is 0 Å². The summed E-state index contributed by atoms with van der Waals surface area (Å²) in [5, 5.41) is 7.63. The van der Waals surface area contributed by atoms with Crippen molar-refractivity contribution in [3.8, 4) is 0 Å². The van der Waals surface area contributed by atoms with Crippen LogP contribution in [0.5, 0.6) is 0 Å². The van der Waals surface area contributed by atoms with Crippen LogP contribution in [-0.4, -0.2) is 5.71 Å². The van der Waals surface area contributed by atoms with Crippen molar-refractivity contribution in [2.75, 3.05) is 0 Å². The Bertz CT molecular complexity index is 161. The zero-order valence-corrected chi connectivity index (χ0v) is 9.32. The zero-order chi connectivity index (χ0) is 9.40. The summed E-state index contributed by atoms with van der Waals surface area (Å²) in [5.41, 5.74) is 2.05. The molecule has 0 rings (SSSR count). The van der Waals surface area contributed by atoms with Crippen molar-refractivity contribution in [2.45, 2.75) is 46.0 Å². The molecule has 70 valence electrons. The molecule has 0 spiro atoms. The van der Waals surface area contributed by atoms with E-state index in [-0.39, 0.29) is 18.9 Å². The minimum absolute atomic E-state index is 0. The van der Waals surface area contributed by atoms with E-state index in [1.165, 1.54) is 24.8 Å². The number of allylic oxidation sites excluding steroid dienone is 2. The molecule has 0 aromatic carbocycles. The van der Waals surface area contributed by atoms with Gasteiger partial charge in [0.1, 0.15) is 0 Å². The molecule has 0 atom stereocenters. The smallest absolute Gasteiger partial charge is 0.311 e. The molecule has 0 aromatic rings. The van der Waals surface area contributed by atoms with Gasteiger partial charge in [-0.3, -0.25) is 0 Å². The van der Waals surface area contributed by atoms with Crippen molar-refractivity contribution in [1.82, 2.24) is 0 Å². The van der Waals surface area contributed by atoms with Crippen LogP contribution < -0.4 is 18.9 Å². The van der Waals surface area contributed by atoms with Crippen molar-refractivity contribution in [3.05, 3.63) is 18.6 Å². The van der Waals surface area contributed by atoms with Crippen molar-refractivity contribution < 1.29 is 18.9 Å². The van der Waals surface area contributed by atoms with E-state index in [2.05, 4.69) is 13.8 Å². The second-order valence-corrected chi connectivity index (χ2v) is 3.29. The molecule has 1 N–H and O–H groups in total. The summed E-state index contributed by atoms with van der Waals surface area (Å²) >= 11 is 0. The van der Waals surface area contributed by atoms with Crippen LogP contribution in [0.15, 0.2) is 11.6 Å². The first kappa shape index (κ1) is 15.4. The van der Waals surface area contributed by atoms with Gasteiger partial charge in [-0.25, -0.2) is 18.6 Å². The molecule has 0 saturated carbocycles. The standard InChI is InChI=1S/C11H20N.Li/c1-4-6-7-8-11(12)9-10(3)5-2;/h5,12H,2,4,6-9H2,1,3H3;/q-1;+1. The van der Waals surface area contributed by atoms with Gasteiger partial charge in [-0.1, -0.05) is 26.2 Å². The molecule has 0 aliphatic heterocycles.